The van der Waals surface area contributed by atoms with Crippen LogP contribution in [-0.2, 0) is 17.8 Å². The summed E-state index contributed by atoms with van der Waals surface area (Å²) in [5.74, 6) is 0.403. The van der Waals surface area contributed by atoms with Crippen LogP contribution in [-0.4, -0.2) is 17.5 Å². The molecule has 3 rings (SSSR count). The zero-order valence-corrected chi connectivity index (χ0v) is 16.9. The molecule has 0 bridgehead atoms. The van der Waals surface area contributed by atoms with Gasteiger partial charge in [0, 0.05) is 29.9 Å². The van der Waals surface area contributed by atoms with E-state index in [1.54, 1.807) is 12.4 Å². The summed E-state index contributed by atoms with van der Waals surface area (Å²) >= 11 is 0. The maximum absolute atomic E-state index is 12.6. The Morgan fingerprint density at radius 2 is 1.90 bits per heavy atom. The van der Waals surface area contributed by atoms with Crippen molar-refractivity contribution in [3.05, 3.63) is 81.5 Å². The molecule has 0 aliphatic heterocycles. The molecule has 0 radical (unpaired) electrons. The lowest BCUT2D eigenvalue weighted by molar-refractivity contribution is -0.120. The molecular weight excluding hydrogens is 368 g/mol. The molecule has 1 N–H and O–H groups in total. The number of aryl methyl sites for hydroxylation is 2. The quantitative estimate of drug-likeness (QED) is 0.491. The molecule has 6 nitrogen and oxygen atoms in total. The largest absolute Gasteiger partial charge is 0.489 e. The third-order valence-electron chi connectivity index (χ3n) is 4.70. The van der Waals surface area contributed by atoms with Crippen molar-refractivity contribution < 1.29 is 13.9 Å². The lowest BCUT2D eigenvalue weighted by atomic mass is 10.0. The third-order valence-corrected chi connectivity index (χ3v) is 4.70. The molecular formula is C23H24N2O4. The molecule has 29 heavy (non-hydrogen) atoms. The smallest absolute Gasteiger partial charge is 0.340 e. The van der Waals surface area contributed by atoms with Gasteiger partial charge in [0.15, 0.2) is 0 Å². The Hall–Kier alpha value is -3.41. The number of carbonyl (C=O) groups excluding carboxylic acids is 1. The van der Waals surface area contributed by atoms with Crippen LogP contribution in [0.3, 0.4) is 0 Å². The number of hydrogen-bond donors (Lipinski definition) is 1. The van der Waals surface area contributed by atoms with Crippen molar-refractivity contribution in [2.75, 3.05) is 6.61 Å². The lowest BCUT2D eigenvalue weighted by Crippen LogP contribution is -2.27. The summed E-state index contributed by atoms with van der Waals surface area (Å²) in [7, 11) is 0. The number of pyridine rings is 1. The summed E-state index contributed by atoms with van der Waals surface area (Å²) in [5, 5.41) is 3.62. The first-order valence-corrected chi connectivity index (χ1v) is 9.35. The fourth-order valence-corrected chi connectivity index (χ4v) is 3.06. The standard InChI is InChI=1S/C23H24N2O4/c1-14(2)13-28-20-6-5-18-15(3)19(23(27)29-22(18)16(20)4)11-21(26)25-12-17-7-9-24-10-8-17/h5-10H,1,11-13H2,2-4H3,(H,25,26). The second-order valence-corrected chi connectivity index (χ2v) is 7.11. The molecule has 1 aromatic carbocycles. The molecule has 0 saturated heterocycles. The summed E-state index contributed by atoms with van der Waals surface area (Å²) in [6.45, 7) is 10.2. The number of fused-ring (bicyclic) bond motifs is 1. The average Bonchev–Trinajstić information content (AvgIpc) is 2.70. The fraction of sp³-hybridized carbons (Fsp3) is 0.261. The molecule has 3 aromatic rings. The first-order valence-electron chi connectivity index (χ1n) is 9.35. The second kappa shape index (κ2) is 8.73. The number of aromatic nitrogens is 1. The van der Waals surface area contributed by atoms with Gasteiger partial charge in [-0.05, 0) is 61.7 Å². The normalized spacial score (nSPS) is 10.7. The van der Waals surface area contributed by atoms with E-state index in [2.05, 4.69) is 16.9 Å². The number of benzene rings is 1. The van der Waals surface area contributed by atoms with Crippen molar-refractivity contribution >= 4 is 16.9 Å². The third kappa shape index (κ3) is 4.71. The van der Waals surface area contributed by atoms with Crippen LogP contribution in [0.4, 0.5) is 0 Å². The molecule has 2 aromatic heterocycles. The monoisotopic (exact) mass is 392 g/mol. The van der Waals surface area contributed by atoms with Gasteiger partial charge in [0.1, 0.15) is 17.9 Å². The van der Waals surface area contributed by atoms with Gasteiger partial charge in [0.05, 0.1) is 12.0 Å². The number of nitrogens with zero attached hydrogens (tertiary/aromatic N) is 1. The maximum Gasteiger partial charge on any atom is 0.340 e. The van der Waals surface area contributed by atoms with Gasteiger partial charge in [0.2, 0.25) is 5.91 Å². The Balaban J connectivity index is 1.83. The first-order chi connectivity index (χ1) is 13.9. The van der Waals surface area contributed by atoms with Crippen molar-refractivity contribution in [2.45, 2.75) is 33.7 Å². The van der Waals surface area contributed by atoms with E-state index >= 15 is 0 Å². The van der Waals surface area contributed by atoms with E-state index in [1.807, 2.05) is 45.0 Å². The van der Waals surface area contributed by atoms with Crippen LogP contribution < -0.4 is 15.7 Å². The Morgan fingerprint density at radius 1 is 1.17 bits per heavy atom. The molecule has 0 saturated carbocycles. The van der Waals surface area contributed by atoms with Crippen LogP contribution in [0.2, 0.25) is 0 Å². The van der Waals surface area contributed by atoms with Crippen molar-refractivity contribution in [3.63, 3.8) is 0 Å². The van der Waals surface area contributed by atoms with Crippen molar-refractivity contribution in [2.24, 2.45) is 0 Å². The summed E-state index contributed by atoms with van der Waals surface area (Å²) in [5.41, 5.74) is 3.66. The molecule has 2 heterocycles. The van der Waals surface area contributed by atoms with Gasteiger partial charge in [-0.15, -0.1) is 0 Å². The molecule has 0 aliphatic rings. The molecule has 0 unspecified atom stereocenters. The molecule has 0 atom stereocenters. The van der Waals surface area contributed by atoms with Gasteiger partial charge < -0.3 is 14.5 Å². The van der Waals surface area contributed by atoms with Crippen LogP contribution in [0, 0.1) is 13.8 Å². The van der Waals surface area contributed by atoms with Gasteiger partial charge in [-0.25, -0.2) is 4.79 Å². The van der Waals surface area contributed by atoms with E-state index in [9.17, 15) is 9.59 Å². The summed E-state index contributed by atoms with van der Waals surface area (Å²) in [6.07, 6.45) is 3.29. The minimum atomic E-state index is -0.505. The molecule has 0 aliphatic carbocycles. The van der Waals surface area contributed by atoms with Gasteiger partial charge in [-0.3, -0.25) is 9.78 Å². The second-order valence-electron chi connectivity index (χ2n) is 7.11. The minimum Gasteiger partial charge on any atom is -0.489 e. The van der Waals surface area contributed by atoms with E-state index in [-0.39, 0.29) is 12.3 Å². The summed E-state index contributed by atoms with van der Waals surface area (Å²) in [4.78, 5) is 28.9. The molecule has 0 fully saturated rings. The fourth-order valence-electron chi connectivity index (χ4n) is 3.06. The predicted molar refractivity (Wildman–Crippen MR) is 112 cm³/mol. The number of ether oxygens (including phenoxy) is 1. The zero-order valence-electron chi connectivity index (χ0n) is 16.9. The number of nitrogens with one attached hydrogen (secondary N) is 1. The van der Waals surface area contributed by atoms with Crippen LogP contribution in [0.25, 0.3) is 11.0 Å². The van der Waals surface area contributed by atoms with Crippen molar-refractivity contribution in [1.29, 1.82) is 0 Å². The topological polar surface area (TPSA) is 81.4 Å². The highest BCUT2D eigenvalue weighted by Crippen LogP contribution is 2.29. The SMILES string of the molecule is C=C(C)COc1ccc2c(C)c(CC(=O)NCc3ccncc3)c(=O)oc2c1C. The van der Waals surface area contributed by atoms with E-state index in [4.69, 9.17) is 9.15 Å². The van der Waals surface area contributed by atoms with E-state index in [0.717, 1.165) is 27.6 Å². The van der Waals surface area contributed by atoms with E-state index < -0.39 is 5.63 Å². The highest BCUT2D eigenvalue weighted by molar-refractivity contribution is 5.87. The highest BCUT2D eigenvalue weighted by Gasteiger charge is 2.17. The number of rotatable bonds is 7. The Bertz CT molecular complexity index is 1120. The lowest BCUT2D eigenvalue weighted by Gasteiger charge is -2.13. The number of amides is 1. The van der Waals surface area contributed by atoms with Crippen LogP contribution in [0.15, 0.2) is 58.0 Å². The van der Waals surface area contributed by atoms with Crippen LogP contribution in [0.1, 0.15) is 29.2 Å². The van der Waals surface area contributed by atoms with E-state index in [0.29, 0.717) is 30.0 Å². The van der Waals surface area contributed by atoms with Crippen molar-refractivity contribution in [3.8, 4) is 5.75 Å². The first kappa shape index (κ1) is 20.3. The van der Waals surface area contributed by atoms with Gasteiger partial charge in [-0.1, -0.05) is 6.58 Å². The number of carbonyl (C=O) groups is 1. The molecule has 0 spiro atoms. The van der Waals surface area contributed by atoms with Gasteiger partial charge in [0.25, 0.3) is 0 Å². The Kier molecular flexibility index (Phi) is 6.12. The summed E-state index contributed by atoms with van der Waals surface area (Å²) < 4.78 is 11.3. The summed E-state index contributed by atoms with van der Waals surface area (Å²) in [6, 6.07) is 7.35. The molecule has 150 valence electrons. The minimum absolute atomic E-state index is 0.0395. The Labute approximate surface area is 169 Å². The average molecular weight is 392 g/mol. The van der Waals surface area contributed by atoms with Crippen LogP contribution >= 0.6 is 0 Å². The predicted octanol–water partition coefficient (Wildman–Crippen LogP) is 3.62. The highest BCUT2D eigenvalue weighted by atomic mass is 16.5. The van der Waals surface area contributed by atoms with Crippen molar-refractivity contribution in [1.82, 2.24) is 10.3 Å². The number of hydrogen-bond acceptors (Lipinski definition) is 5. The maximum atomic E-state index is 12.6. The van der Waals surface area contributed by atoms with Gasteiger partial charge in [-0.2, -0.15) is 0 Å². The van der Waals surface area contributed by atoms with E-state index in [1.165, 1.54) is 0 Å². The van der Waals surface area contributed by atoms with Crippen LogP contribution in [0.5, 0.6) is 5.75 Å². The molecule has 1 amide bonds. The van der Waals surface area contributed by atoms with Gasteiger partial charge >= 0.3 is 5.63 Å². The Morgan fingerprint density at radius 3 is 2.59 bits per heavy atom. The zero-order chi connectivity index (χ0) is 21.0. The molecule has 6 heteroatoms.